The van der Waals surface area contributed by atoms with Crippen molar-refractivity contribution in [3.63, 3.8) is 0 Å². The molecule has 0 aromatic rings. The van der Waals surface area contributed by atoms with Gasteiger partial charge in [0, 0.05) is 17.4 Å². The normalized spacial score (nSPS) is 14.5. The van der Waals surface area contributed by atoms with Crippen LogP contribution in [0.25, 0.3) is 0 Å². The monoisotopic (exact) mass is 400 g/mol. The summed E-state index contributed by atoms with van der Waals surface area (Å²) in [4.78, 5) is 8.29. The molecule has 0 aliphatic rings. The van der Waals surface area contributed by atoms with E-state index < -0.39 is 0 Å². The Hall–Kier alpha value is -2.43. The van der Waals surface area contributed by atoms with E-state index >= 15 is 0 Å². The molecule has 0 atom stereocenters. The maximum absolute atomic E-state index is 6.03. The van der Waals surface area contributed by atoms with Crippen LogP contribution in [-0.4, -0.2) is 26.5 Å². The fourth-order valence-electron chi connectivity index (χ4n) is 2.46. The van der Waals surface area contributed by atoms with Crippen LogP contribution in [0.5, 0.6) is 0 Å². The zero-order chi connectivity index (χ0) is 21.5. The van der Waals surface area contributed by atoms with Gasteiger partial charge in [0.25, 0.3) is 0 Å². The number of aliphatic imine (C=N–C) groups is 2. The second-order valence-corrected chi connectivity index (χ2v) is 6.89. The Morgan fingerprint density at radius 3 is 2.39 bits per heavy atom. The van der Waals surface area contributed by atoms with Crippen molar-refractivity contribution >= 4 is 24.5 Å². The lowest BCUT2D eigenvalue weighted by Crippen LogP contribution is -2.08. The highest BCUT2D eigenvalue weighted by Gasteiger charge is 2.12. The summed E-state index contributed by atoms with van der Waals surface area (Å²) in [6, 6.07) is 0. The zero-order valence-electron chi connectivity index (χ0n) is 17.6. The molecule has 0 heterocycles. The molecule has 0 aromatic carbocycles. The van der Waals surface area contributed by atoms with Gasteiger partial charge in [0.2, 0.25) is 0 Å². The third-order valence-electron chi connectivity index (χ3n) is 3.90. The molecule has 0 amide bonds. The molecular weight excluding hydrogens is 368 g/mol. The summed E-state index contributed by atoms with van der Waals surface area (Å²) in [5.41, 5.74) is 11.0. The van der Waals surface area contributed by atoms with Crippen molar-refractivity contribution in [3.05, 3.63) is 82.4 Å². The highest BCUT2D eigenvalue weighted by Crippen LogP contribution is 2.29. The largest absolute Gasteiger partial charge is 0.405 e. The predicted octanol–water partition coefficient (Wildman–Crippen LogP) is 5.59. The Kier molecular flexibility index (Phi) is 13.3. The SMILES string of the molecule is C=N/C=C(C)\C=N/C(=C)\C(CCCNC)=C(C)/C(=C/C=C(\C)Cl)C(=C)/C=C\N. The van der Waals surface area contributed by atoms with Gasteiger partial charge in [0.05, 0.1) is 5.70 Å². The highest BCUT2D eigenvalue weighted by molar-refractivity contribution is 6.29. The van der Waals surface area contributed by atoms with Crippen LogP contribution in [-0.2, 0) is 0 Å². The third kappa shape index (κ3) is 10.0. The molecule has 0 radical (unpaired) electrons. The second-order valence-electron chi connectivity index (χ2n) is 6.29. The van der Waals surface area contributed by atoms with E-state index in [2.05, 4.69) is 35.2 Å². The van der Waals surface area contributed by atoms with Crippen LogP contribution in [0, 0.1) is 0 Å². The summed E-state index contributed by atoms with van der Waals surface area (Å²) in [5.74, 6) is 0. The zero-order valence-corrected chi connectivity index (χ0v) is 18.3. The summed E-state index contributed by atoms with van der Waals surface area (Å²) >= 11 is 6.03. The molecule has 4 nitrogen and oxygen atoms in total. The molecule has 0 spiro atoms. The number of hydrogen-bond donors (Lipinski definition) is 2. The van der Waals surface area contributed by atoms with Crippen molar-refractivity contribution in [2.24, 2.45) is 15.7 Å². The highest BCUT2D eigenvalue weighted by atomic mass is 35.5. The Balaban J connectivity index is 6.22. The Labute approximate surface area is 175 Å². The van der Waals surface area contributed by atoms with Gasteiger partial charge in [-0.05, 0) is 100 Å². The van der Waals surface area contributed by atoms with Gasteiger partial charge in [-0.3, -0.25) is 9.98 Å². The first-order valence-electron chi connectivity index (χ1n) is 9.10. The van der Waals surface area contributed by atoms with E-state index in [0.717, 1.165) is 47.3 Å². The van der Waals surface area contributed by atoms with Crippen molar-refractivity contribution in [1.82, 2.24) is 5.32 Å². The maximum Gasteiger partial charge on any atom is 0.0592 e. The summed E-state index contributed by atoms with van der Waals surface area (Å²) in [6.07, 6.45) is 12.2. The topological polar surface area (TPSA) is 62.8 Å². The standard InChI is InChI=1S/C23H33ClN4/c1-17(15-27-7)16-28-21(5)23(9-8-14-26-6)20(4)22(11-10-19(3)24)18(2)12-13-25/h10-13,15-16,26H,2,5,7-9,14,25H2,1,3-4,6H3/b13-12-,17-15-,19-10+,22-11+,23-20-,28-16-. The number of halogens is 1. The van der Waals surface area contributed by atoms with E-state index in [-0.39, 0.29) is 0 Å². The van der Waals surface area contributed by atoms with Crippen LogP contribution < -0.4 is 11.1 Å². The van der Waals surface area contributed by atoms with Crippen LogP contribution >= 0.6 is 11.6 Å². The average Bonchev–Trinajstić information content (AvgIpc) is 2.63. The van der Waals surface area contributed by atoms with E-state index in [9.17, 15) is 0 Å². The lowest BCUT2D eigenvalue weighted by Gasteiger charge is -2.16. The summed E-state index contributed by atoms with van der Waals surface area (Å²) in [5, 5.41) is 3.86. The third-order valence-corrected chi connectivity index (χ3v) is 4.03. The number of nitrogens with two attached hydrogens (primary N) is 1. The minimum Gasteiger partial charge on any atom is -0.405 e. The molecule has 0 bridgehead atoms. The van der Waals surface area contributed by atoms with Crippen LogP contribution in [0.3, 0.4) is 0 Å². The Bertz CT molecular complexity index is 743. The van der Waals surface area contributed by atoms with Gasteiger partial charge in [-0.1, -0.05) is 30.8 Å². The summed E-state index contributed by atoms with van der Waals surface area (Å²) in [7, 11) is 1.94. The summed E-state index contributed by atoms with van der Waals surface area (Å²) < 4.78 is 0. The fraction of sp³-hybridized carbons (Fsp3) is 0.304. The number of nitrogens with zero attached hydrogens (tertiary/aromatic N) is 2. The van der Waals surface area contributed by atoms with Gasteiger partial charge in [0.15, 0.2) is 0 Å². The minimum absolute atomic E-state index is 0.682. The molecule has 28 heavy (non-hydrogen) atoms. The molecule has 0 aliphatic carbocycles. The van der Waals surface area contributed by atoms with Crippen molar-refractivity contribution in [2.75, 3.05) is 13.6 Å². The quantitative estimate of drug-likeness (QED) is 0.255. The van der Waals surface area contributed by atoms with Crippen LogP contribution in [0.15, 0.2) is 92.4 Å². The first-order chi connectivity index (χ1) is 13.3. The molecule has 5 heteroatoms. The number of nitrogens with one attached hydrogen (secondary N) is 1. The maximum atomic E-state index is 6.03. The fourth-order valence-corrected chi connectivity index (χ4v) is 2.53. The molecule has 0 saturated heterocycles. The Morgan fingerprint density at radius 1 is 1.18 bits per heavy atom. The van der Waals surface area contributed by atoms with Gasteiger partial charge in [-0.25, -0.2) is 0 Å². The van der Waals surface area contributed by atoms with Crippen LogP contribution in [0.4, 0.5) is 0 Å². The predicted molar refractivity (Wildman–Crippen MR) is 127 cm³/mol. The van der Waals surface area contributed by atoms with Crippen LogP contribution in [0.1, 0.15) is 33.6 Å². The van der Waals surface area contributed by atoms with E-state index in [4.69, 9.17) is 17.3 Å². The molecule has 152 valence electrons. The smallest absolute Gasteiger partial charge is 0.0592 e. The second kappa shape index (κ2) is 14.6. The average molecular weight is 401 g/mol. The lowest BCUT2D eigenvalue weighted by molar-refractivity contribution is 0.720. The van der Waals surface area contributed by atoms with Crippen molar-refractivity contribution in [1.29, 1.82) is 0 Å². The van der Waals surface area contributed by atoms with E-state index in [1.54, 1.807) is 18.5 Å². The molecule has 0 unspecified atom stereocenters. The number of hydrogen-bond acceptors (Lipinski definition) is 4. The lowest BCUT2D eigenvalue weighted by atomic mass is 9.91. The van der Waals surface area contributed by atoms with Crippen molar-refractivity contribution < 1.29 is 0 Å². The summed E-state index contributed by atoms with van der Waals surface area (Å²) in [6.45, 7) is 18.5. The molecular formula is C23H33ClN4. The van der Waals surface area contributed by atoms with Crippen molar-refractivity contribution in [3.8, 4) is 0 Å². The van der Waals surface area contributed by atoms with Gasteiger partial charge in [0.1, 0.15) is 0 Å². The first kappa shape index (κ1) is 25.6. The van der Waals surface area contributed by atoms with E-state index in [0.29, 0.717) is 10.7 Å². The molecule has 0 rings (SSSR count). The van der Waals surface area contributed by atoms with E-state index in [1.807, 2.05) is 40.0 Å². The van der Waals surface area contributed by atoms with Gasteiger partial charge < -0.3 is 11.1 Å². The van der Waals surface area contributed by atoms with Gasteiger partial charge in [-0.2, -0.15) is 0 Å². The molecule has 0 aromatic heterocycles. The first-order valence-corrected chi connectivity index (χ1v) is 9.48. The minimum atomic E-state index is 0.682. The number of allylic oxidation sites excluding steroid dienone is 9. The molecule has 0 fully saturated rings. The van der Waals surface area contributed by atoms with Gasteiger partial charge in [-0.15, -0.1) is 0 Å². The Morgan fingerprint density at radius 2 is 1.86 bits per heavy atom. The molecule has 0 saturated carbocycles. The van der Waals surface area contributed by atoms with E-state index in [1.165, 1.54) is 6.20 Å². The van der Waals surface area contributed by atoms with Crippen molar-refractivity contribution in [2.45, 2.75) is 33.6 Å². The molecule has 3 N–H and O–H groups in total. The molecule has 0 aliphatic heterocycles. The van der Waals surface area contributed by atoms with Gasteiger partial charge >= 0.3 is 0 Å². The van der Waals surface area contributed by atoms with Crippen LogP contribution in [0.2, 0.25) is 0 Å². The number of rotatable bonds is 12.